The van der Waals surface area contributed by atoms with Gasteiger partial charge < -0.3 is 15.7 Å². The molecule has 0 saturated heterocycles. The van der Waals surface area contributed by atoms with E-state index in [0.717, 1.165) is 22.3 Å². The Hall–Kier alpha value is -2.83. The molecule has 3 heterocycles. The van der Waals surface area contributed by atoms with Crippen molar-refractivity contribution in [3.05, 3.63) is 44.5 Å². The van der Waals surface area contributed by atoms with Crippen molar-refractivity contribution < 1.29 is 9.18 Å². The molecule has 3 aromatic heterocycles. The van der Waals surface area contributed by atoms with Gasteiger partial charge in [0.15, 0.2) is 17.1 Å². The van der Waals surface area contributed by atoms with Gasteiger partial charge in [0.25, 0.3) is 0 Å². The lowest BCUT2D eigenvalue weighted by molar-refractivity contribution is 0.111. The molecule has 5 N–H and O–H groups in total. The van der Waals surface area contributed by atoms with Gasteiger partial charge >= 0.3 is 0 Å². The maximum Gasteiger partial charge on any atom is 0.199 e. The Kier molecular flexibility index (Phi) is 6.02. The molecule has 3 aromatic rings. The highest BCUT2D eigenvalue weighted by Crippen LogP contribution is 2.30. The summed E-state index contributed by atoms with van der Waals surface area (Å²) in [5, 5.41) is 6.36. The number of hydrogen-bond donors (Lipinski definition) is 3. The van der Waals surface area contributed by atoms with E-state index >= 15 is 0 Å². The number of thiazole rings is 2. The summed E-state index contributed by atoms with van der Waals surface area (Å²) in [5.41, 5.74) is 12.2. The normalized spacial score (nSPS) is 12.2. The third kappa shape index (κ3) is 4.03. The molecule has 0 unspecified atom stereocenters. The Balaban J connectivity index is 1.92. The Labute approximate surface area is 168 Å². The number of fused-ring (bicyclic) bond motifs is 1. The van der Waals surface area contributed by atoms with Crippen LogP contribution in [-0.2, 0) is 13.5 Å². The lowest BCUT2D eigenvalue weighted by Crippen LogP contribution is -2.23. The van der Waals surface area contributed by atoms with Gasteiger partial charge in [0.05, 0.1) is 34.4 Å². The van der Waals surface area contributed by atoms with Gasteiger partial charge in [-0.05, 0) is 0 Å². The summed E-state index contributed by atoms with van der Waals surface area (Å²) in [6.07, 6.45) is 4.13. The van der Waals surface area contributed by atoms with E-state index in [2.05, 4.69) is 20.5 Å². The quantitative estimate of drug-likeness (QED) is 0.215. The lowest BCUT2D eigenvalue weighted by atomic mass is 10.3. The molecule has 0 aromatic carbocycles. The highest BCUT2D eigenvalue weighted by molar-refractivity contribution is 7.19. The van der Waals surface area contributed by atoms with E-state index in [1.165, 1.54) is 23.0 Å². The first-order valence-corrected chi connectivity index (χ1v) is 9.81. The molecule has 3 rings (SSSR count). The summed E-state index contributed by atoms with van der Waals surface area (Å²) >= 11 is 2.35. The van der Waals surface area contributed by atoms with Crippen molar-refractivity contribution in [2.24, 2.45) is 23.7 Å². The fourth-order valence-corrected chi connectivity index (χ4v) is 4.29. The first kappa shape index (κ1) is 19.9. The lowest BCUT2D eigenvalue weighted by Gasteiger charge is -2.12. The summed E-state index contributed by atoms with van der Waals surface area (Å²) in [6.45, 7) is 0.351. The van der Waals surface area contributed by atoms with Crippen LogP contribution in [0.4, 0.5) is 4.39 Å². The van der Waals surface area contributed by atoms with E-state index in [0.29, 0.717) is 46.3 Å². The molecule has 0 fully saturated rings. The first-order valence-electron chi connectivity index (χ1n) is 8.11. The van der Waals surface area contributed by atoms with Crippen molar-refractivity contribution in [2.45, 2.75) is 6.42 Å². The summed E-state index contributed by atoms with van der Waals surface area (Å²) in [7, 11) is 3.51. The molecule has 0 amide bonds. The topological polar surface area (TPSA) is 127 Å². The van der Waals surface area contributed by atoms with Crippen molar-refractivity contribution in [2.75, 3.05) is 13.6 Å². The number of hydrazone groups is 1. The van der Waals surface area contributed by atoms with Gasteiger partial charge in [-0.25, -0.2) is 9.97 Å². The summed E-state index contributed by atoms with van der Waals surface area (Å²) in [4.78, 5) is 20.2. The minimum Gasteiger partial charge on any atom is -0.399 e. The number of nitrogens with one attached hydrogen (secondary N) is 1. The molecule has 0 aliphatic heterocycles. The Morgan fingerprint density at radius 1 is 1.54 bits per heavy atom. The van der Waals surface area contributed by atoms with Crippen LogP contribution in [0.5, 0.6) is 0 Å². The monoisotopic (exact) mass is 422 g/mol. The number of aromatic nitrogens is 3. The predicted octanol–water partition coefficient (Wildman–Crippen LogP) is 1.16. The van der Waals surface area contributed by atoms with Gasteiger partial charge in [-0.1, -0.05) is 11.3 Å². The average molecular weight is 423 g/mol. The van der Waals surface area contributed by atoms with Crippen LogP contribution in [0.1, 0.15) is 26.8 Å². The third-order valence-electron chi connectivity index (χ3n) is 3.94. The number of hydrazine groups is 1. The molecule has 0 aliphatic carbocycles. The van der Waals surface area contributed by atoms with E-state index in [4.69, 9.17) is 11.6 Å². The van der Waals surface area contributed by atoms with Crippen LogP contribution in [0, 0.1) is 5.13 Å². The highest BCUT2D eigenvalue weighted by Gasteiger charge is 2.19. The van der Waals surface area contributed by atoms with Crippen molar-refractivity contribution in [1.29, 1.82) is 0 Å². The Bertz CT molecular complexity index is 1050. The number of aryl methyl sites for hydroxylation is 1. The SMILES string of the molecule is CN(C/C(N)=C/NN)/N=C\c1c(C=O)n(C)c2nc(Cc3ncsc3F)sc12. The molecule has 9 nitrogen and oxygen atoms in total. The van der Waals surface area contributed by atoms with Crippen LogP contribution >= 0.6 is 22.7 Å². The van der Waals surface area contributed by atoms with Crippen molar-refractivity contribution >= 4 is 45.5 Å². The van der Waals surface area contributed by atoms with Gasteiger partial charge in [0, 0.05) is 38.0 Å². The van der Waals surface area contributed by atoms with Gasteiger partial charge in [0.1, 0.15) is 5.01 Å². The number of nitrogens with two attached hydrogens (primary N) is 2. The predicted molar refractivity (Wildman–Crippen MR) is 109 cm³/mol. The van der Waals surface area contributed by atoms with Crippen LogP contribution < -0.4 is 17.0 Å². The van der Waals surface area contributed by atoms with E-state index in [1.54, 1.807) is 29.9 Å². The van der Waals surface area contributed by atoms with Crippen LogP contribution in [0.2, 0.25) is 0 Å². The molecule has 0 spiro atoms. The highest BCUT2D eigenvalue weighted by atomic mass is 32.1. The maximum atomic E-state index is 13.7. The van der Waals surface area contributed by atoms with Gasteiger partial charge in [-0.2, -0.15) is 9.49 Å². The number of nitrogens with zero attached hydrogens (tertiary/aromatic N) is 5. The number of rotatable bonds is 8. The number of aldehydes is 1. The number of hydrogen-bond acceptors (Lipinski definition) is 10. The molecule has 12 heteroatoms. The van der Waals surface area contributed by atoms with E-state index in [9.17, 15) is 9.18 Å². The molecule has 0 aliphatic rings. The number of halogens is 1. The second-order valence-electron chi connectivity index (χ2n) is 5.93. The van der Waals surface area contributed by atoms with E-state index in [-0.39, 0.29) is 5.13 Å². The fourth-order valence-electron chi connectivity index (χ4n) is 2.64. The van der Waals surface area contributed by atoms with Crippen molar-refractivity contribution in [1.82, 2.24) is 25.0 Å². The minimum atomic E-state index is -0.311. The fraction of sp³-hybridized carbons (Fsp3) is 0.250. The molecule has 0 atom stereocenters. The number of likely N-dealkylation sites (N-methyl/N-ethyl adjacent to an activating group) is 1. The summed E-state index contributed by atoms with van der Waals surface area (Å²) < 4.78 is 16.2. The van der Waals surface area contributed by atoms with Gasteiger partial charge in [0.2, 0.25) is 0 Å². The van der Waals surface area contributed by atoms with E-state index in [1.807, 2.05) is 0 Å². The van der Waals surface area contributed by atoms with Crippen molar-refractivity contribution in [3.63, 3.8) is 0 Å². The molecule has 148 valence electrons. The minimum absolute atomic E-state index is 0.301. The zero-order valence-electron chi connectivity index (χ0n) is 15.2. The smallest absolute Gasteiger partial charge is 0.199 e. The summed E-state index contributed by atoms with van der Waals surface area (Å²) in [5.74, 6) is 5.20. The van der Waals surface area contributed by atoms with Crippen LogP contribution in [0.3, 0.4) is 0 Å². The van der Waals surface area contributed by atoms with E-state index < -0.39 is 0 Å². The average Bonchev–Trinajstić information content (AvgIpc) is 3.30. The molecule has 0 saturated carbocycles. The first-order chi connectivity index (χ1) is 13.4. The maximum absolute atomic E-state index is 13.7. The molecular weight excluding hydrogens is 403 g/mol. The van der Waals surface area contributed by atoms with Gasteiger partial charge in [-0.3, -0.25) is 15.6 Å². The standard InChI is InChI=1S/C16H19FN8OS2/c1-24(6-9(18)4-21-19)22-5-10-12(7-26)25(2)16-14(10)28-13(23-16)3-11-15(17)27-8-20-11/h4-5,7-8,21H,3,6,18-19H2,1-2H3/b9-4-,22-5-. The second kappa shape index (κ2) is 8.46. The largest absolute Gasteiger partial charge is 0.399 e. The molecule has 0 radical (unpaired) electrons. The Morgan fingerprint density at radius 3 is 2.96 bits per heavy atom. The molecular formula is C16H19FN8OS2. The zero-order valence-corrected chi connectivity index (χ0v) is 16.9. The molecule has 0 bridgehead atoms. The van der Waals surface area contributed by atoms with Gasteiger partial charge in [-0.15, -0.1) is 11.3 Å². The summed E-state index contributed by atoms with van der Waals surface area (Å²) in [6, 6.07) is 0. The molecule has 28 heavy (non-hydrogen) atoms. The third-order valence-corrected chi connectivity index (χ3v) is 5.67. The van der Waals surface area contributed by atoms with Crippen LogP contribution in [0.15, 0.2) is 22.5 Å². The second-order valence-corrected chi connectivity index (χ2v) is 7.82. The van der Waals surface area contributed by atoms with Crippen molar-refractivity contribution in [3.8, 4) is 0 Å². The number of carbonyl (C=O) groups excluding carboxylic acids is 1. The number of carbonyl (C=O) groups is 1. The van der Waals surface area contributed by atoms with Crippen LogP contribution in [0.25, 0.3) is 10.3 Å². The Morgan fingerprint density at radius 2 is 2.32 bits per heavy atom. The van der Waals surface area contributed by atoms with Crippen LogP contribution in [-0.4, -0.2) is 45.6 Å². The zero-order chi connectivity index (χ0) is 20.3.